The Labute approximate surface area is 237 Å². The maximum Gasteiger partial charge on any atom is 0.267 e. The van der Waals surface area contributed by atoms with Crippen molar-refractivity contribution in [1.82, 2.24) is 20.7 Å². The summed E-state index contributed by atoms with van der Waals surface area (Å²) in [6.45, 7) is 0.122. The maximum atomic E-state index is 13.1. The quantitative estimate of drug-likeness (QED) is 0.188. The van der Waals surface area contributed by atoms with Crippen molar-refractivity contribution in [3.05, 3.63) is 70.5 Å². The van der Waals surface area contributed by atoms with Crippen LogP contribution in [-0.4, -0.2) is 55.2 Å². The largest absolute Gasteiger partial charge is 0.299 e. The minimum atomic E-state index is -0.450. The van der Waals surface area contributed by atoms with Gasteiger partial charge < -0.3 is 0 Å². The summed E-state index contributed by atoms with van der Waals surface area (Å²) in [7, 11) is 0. The van der Waals surface area contributed by atoms with Crippen LogP contribution in [0.15, 0.2) is 70.5 Å². The molecule has 4 rings (SSSR count). The summed E-state index contributed by atoms with van der Waals surface area (Å²) < 4.78 is 0.510. The minimum absolute atomic E-state index is 0.00659. The normalized spacial score (nSPS) is 17.2. The molecule has 0 bridgehead atoms. The topological polar surface area (TPSA) is 123 Å². The van der Waals surface area contributed by atoms with E-state index in [4.69, 9.17) is 24.4 Å². The van der Waals surface area contributed by atoms with Gasteiger partial charge in [0.2, 0.25) is 11.8 Å². The first-order valence-corrected chi connectivity index (χ1v) is 13.8. The fourth-order valence-electron chi connectivity index (χ4n) is 3.33. The molecular formula is C24H22N6O4S4. The molecule has 2 aromatic carbocycles. The van der Waals surface area contributed by atoms with Crippen molar-refractivity contribution in [2.45, 2.75) is 12.8 Å². The summed E-state index contributed by atoms with van der Waals surface area (Å²) >= 11 is 12.7. The van der Waals surface area contributed by atoms with Crippen LogP contribution in [0.4, 0.5) is 11.4 Å². The van der Waals surface area contributed by atoms with Crippen LogP contribution in [0.25, 0.3) is 0 Å². The number of nitrogens with one attached hydrogen (secondary N) is 4. The summed E-state index contributed by atoms with van der Waals surface area (Å²) in [5, 5.41) is 0. The van der Waals surface area contributed by atoms with E-state index in [1.807, 2.05) is 36.4 Å². The van der Waals surface area contributed by atoms with E-state index in [9.17, 15) is 19.2 Å². The number of hydrazine groups is 2. The first-order chi connectivity index (χ1) is 18.3. The van der Waals surface area contributed by atoms with Crippen molar-refractivity contribution in [3.63, 3.8) is 0 Å². The van der Waals surface area contributed by atoms with Crippen molar-refractivity contribution in [3.8, 4) is 0 Å². The highest BCUT2D eigenvalue weighted by atomic mass is 32.2. The summed E-state index contributed by atoms with van der Waals surface area (Å²) in [6, 6.07) is 18.2. The van der Waals surface area contributed by atoms with Gasteiger partial charge in [0, 0.05) is 25.9 Å². The predicted octanol–water partition coefficient (Wildman–Crippen LogP) is 2.99. The lowest BCUT2D eigenvalue weighted by atomic mass is 10.3. The molecule has 2 heterocycles. The molecule has 2 saturated heterocycles. The number of carbonyl (C=O) groups is 4. The van der Waals surface area contributed by atoms with Gasteiger partial charge in [0.25, 0.3) is 11.8 Å². The molecule has 14 heteroatoms. The third-order valence-electron chi connectivity index (χ3n) is 5.27. The molecule has 0 unspecified atom stereocenters. The van der Waals surface area contributed by atoms with E-state index in [1.54, 1.807) is 24.3 Å². The van der Waals surface area contributed by atoms with E-state index < -0.39 is 11.8 Å². The Bertz CT molecular complexity index is 1210. The average molecular weight is 587 g/mol. The van der Waals surface area contributed by atoms with Gasteiger partial charge in [-0.3, -0.25) is 50.7 Å². The first kappa shape index (κ1) is 27.6. The molecule has 0 aliphatic carbocycles. The predicted molar refractivity (Wildman–Crippen MR) is 156 cm³/mol. The highest BCUT2D eigenvalue weighted by molar-refractivity contribution is 8.29. The summed E-state index contributed by atoms with van der Waals surface area (Å²) in [6.07, 6.45) is 0.0132. The van der Waals surface area contributed by atoms with Crippen LogP contribution >= 0.6 is 48.0 Å². The number of benzene rings is 2. The Balaban J connectivity index is 1.29. The zero-order valence-electron chi connectivity index (χ0n) is 19.8. The highest BCUT2D eigenvalue weighted by Gasteiger charge is 2.42. The second-order valence-corrected chi connectivity index (χ2v) is 11.2. The van der Waals surface area contributed by atoms with E-state index >= 15 is 0 Å². The number of hydrogen-bond acceptors (Lipinski definition) is 10. The molecule has 2 aliphatic rings. The van der Waals surface area contributed by atoms with Gasteiger partial charge in [-0.2, -0.15) is 0 Å². The highest BCUT2D eigenvalue weighted by Crippen LogP contribution is 2.42. The molecule has 2 fully saturated rings. The number of anilines is 2. The van der Waals surface area contributed by atoms with E-state index in [1.165, 1.54) is 9.80 Å². The molecule has 2 aromatic rings. The van der Waals surface area contributed by atoms with Gasteiger partial charge in [0.1, 0.15) is 8.64 Å². The molecule has 0 saturated carbocycles. The molecular weight excluding hydrogens is 565 g/mol. The lowest BCUT2D eigenvalue weighted by molar-refractivity contribution is -0.126. The lowest BCUT2D eigenvalue weighted by Crippen LogP contribution is -2.36. The molecule has 10 nitrogen and oxygen atoms in total. The first-order valence-electron chi connectivity index (χ1n) is 11.3. The third-order valence-corrected chi connectivity index (χ3v) is 8.30. The minimum Gasteiger partial charge on any atom is -0.299 e. The fraction of sp³-hybridized carbons (Fsp3) is 0.167. The van der Waals surface area contributed by atoms with Gasteiger partial charge in [-0.25, -0.2) is 0 Å². The fourth-order valence-corrected chi connectivity index (χ4v) is 6.11. The second-order valence-electron chi connectivity index (χ2n) is 7.89. The van der Waals surface area contributed by atoms with Gasteiger partial charge in [-0.1, -0.05) is 84.4 Å². The standard InChI is InChI=1S/C24H22N6O4S4/c31-17(27-25-15-7-3-1-4-8-15)11-13-29-21(33)19(37-23(29)35)20-22(34)30(24(36)38-20)14-12-18(32)28-26-16-9-5-2-6-10-16/h1-10,25-26H,11-14H2,(H,27,31)(H,28,32)/b20-19+. The maximum absolute atomic E-state index is 13.1. The van der Waals surface area contributed by atoms with Gasteiger partial charge in [0.15, 0.2) is 0 Å². The number of amides is 4. The number of nitrogens with zero attached hydrogens (tertiary/aromatic N) is 2. The smallest absolute Gasteiger partial charge is 0.267 e. The SMILES string of the molecule is O=C(CCN1C(=O)/C(=C2\SC(=S)N(CCC(=O)NNc3ccccc3)C2=O)SC1=S)NNc1ccccc1. The molecule has 196 valence electrons. The van der Waals surface area contributed by atoms with Crippen molar-refractivity contribution in [2.24, 2.45) is 0 Å². The van der Waals surface area contributed by atoms with Crippen LogP contribution in [-0.2, 0) is 19.2 Å². The Hall–Kier alpha value is -3.46. The van der Waals surface area contributed by atoms with Crippen molar-refractivity contribution >= 4 is 91.6 Å². The van der Waals surface area contributed by atoms with E-state index in [0.29, 0.717) is 0 Å². The van der Waals surface area contributed by atoms with Gasteiger partial charge in [0.05, 0.1) is 21.2 Å². The number of thioether (sulfide) groups is 2. The van der Waals surface area contributed by atoms with Gasteiger partial charge >= 0.3 is 0 Å². The molecule has 38 heavy (non-hydrogen) atoms. The molecule has 4 N–H and O–H groups in total. The Morgan fingerprint density at radius 1 is 0.658 bits per heavy atom. The molecule has 2 aliphatic heterocycles. The molecule has 4 amide bonds. The molecule has 0 aromatic heterocycles. The van der Waals surface area contributed by atoms with Crippen LogP contribution in [0.1, 0.15) is 12.8 Å². The molecule has 0 spiro atoms. The van der Waals surface area contributed by atoms with E-state index in [0.717, 1.165) is 34.9 Å². The Morgan fingerprint density at radius 3 is 1.39 bits per heavy atom. The van der Waals surface area contributed by atoms with Gasteiger partial charge in [-0.15, -0.1) is 0 Å². The van der Waals surface area contributed by atoms with E-state index in [-0.39, 0.29) is 56.2 Å². The van der Waals surface area contributed by atoms with Crippen molar-refractivity contribution < 1.29 is 19.2 Å². The number of thiocarbonyl (C=S) groups is 2. The average Bonchev–Trinajstić information content (AvgIpc) is 3.37. The van der Waals surface area contributed by atoms with Crippen molar-refractivity contribution in [2.75, 3.05) is 23.9 Å². The number of rotatable bonds is 10. The molecule has 0 radical (unpaired) electrons. The third kappa shape index (κ3) is 6.89. The second kappa shape index (κ2) is 12.9. The zero-order chi connectivity index (χ0) is 27.1. The number of para-hydroxylation sites is 2. The van der Waals surface area contributed by atoms with Crippen LogP contribution in [0.2, 0.25) is 0 Å². The van der Waals surface area contributed by atoms with Crippen LogP contribution in [0.5, 0.6) is 0 Å². The summed E-state index contributed by atoms with van der Waals surface area (Å²) in [5.74, 6) is -1.55. The van der Waals surface area contributed by atoms with E-state index in [2.05, 4.69) is 21.7 Å². The lowest BCUT2D eigenvalue weighted by Gasteiger charge is -2.15. The van der Waals surface area contributed by atoms with Gasteiger partial charge in [-0.05, 0) is 24.3 Å². The number of hydrogen-bond donors (Lipinski definition) is 4. The Morgan fingerprint density at radius 2 is 1.03 bits per heavy atom. The zero-order valence-corrected chi connectivity index (χ0v) is 23.0. The Kier molecular flexibility index (Phi) is 9.33. The van der Waals surface area contributed by atoms with Crippen molar-refractivity contribution in [1.29, 1.82) is 0 Å². The molecule has 0 atom stereocenters. The van der Waals surface area contributed by atoms with Crippen LogP contribution in [0, 0.1) is 0 Å². The summed E-state index contributed by atoms with van der Waals surface area (Å²) in [5.41, 5.74) is 12.2. The summed E-state index contributed by atoms with van der Waals surface area (Å²) in [4.78, 5) is 53.5. The van der Waals surface area contributed by atoms with Crippen LogP contribution in [0.3, 0.4) is 0 Å². The monoisotopic (exact) mass is 586 g/mol. The number of carbonyl (C=O) groups excluding carboxylic acids is 4. The van der Waals surface area contributed by atoms with Crippen LogP contribution < -0.4 is 21.7 Å².